The fraction of sp³-hybridized carbons (Fsp3) is 0.370. The summed E-state index contributed by atoms with van der Waals surface area (Å²) in [7, 11) is 3.12. The number of hydrogen-bond acceptors (Lipinski definition) is 5. The van der Waals surface area contributed by atoms with Gasteiger partial charge in [-0.2, -0.15) is 0 Å². The summed E-state index contributed by atoms with van der Waals surface area (Å²) in [4.78, 5) is 43.5. The standard InChI is InChI=1S/C27H26N2O5/c1-33-17-8-6-16(7-9-17)28(25(30)15-4-3-5-18(12-15)34-2)14-29-26(31)23-19-10-11-20(22-13-21(19)22)24(23)27(29)32/h3-12,19-24H,13-14H2,1-2H3/t19-,20-,21-,22-,23+,24+/m1/s1. The van der Waals surface area contributed by atoms with Gasteiger partial charge >= 0.3 is 0 Å². The molecule has 0 aromatic heterocycles. The Bertz CT molecular complexity index is 1170. The van der Waals surface area contributed by atoms with Crippen LogP contribution in [0.4, 0.5) is 5.69 Å². The summed E-state index contributed by atoms with van der Waals surface area (Å²) in [5.41, 5.74) is 0.989. The zero-order valence-electron chi connectivity index (χ0n) is 19.1. The second-order valence-electron chi connectivity index (χ2n) is 9.56. The van der Waals surface area contributed by atoms with Crippen molar-refractivity contribution < 1.29 is 23.9 Å². The predicted molar refractivity (Wildman–Crippen MR) is 124 cm³/mol. The van der Waals surface area contributed by atoms with Gasteiger partial charge in [-0.1, -0.05) is 18.2 Å². The molecule has 1 aliphatic heterocycles. The summed E-state index contributed by atoms with van der Waals surface area (Å²) in [6.45, 7) is -0.123. The van der Waals surface area contributed by atoms with E-state index in [9.17, 15) is 14.4 Å². The number of hydrogen-bond donors (Lipinski definition) is 0. The van der Waals surface area contributed by atoms with Crippen molar-refractivity contribution in [2.24, 2.45) is 35.5 Å². The normalized spacial score (nSPS) is 30.1. The van der Waals surface area contributed by atoms with Crippen molar-refractivity contribution in [2.45, 2.75) is 6.42 Å². The molecule has 0 spiro atoms. The Balaban J connectivity index is 1.34. The minimum absolute atomic E-state index is 0.123. The van der Waals surface area contributed by atoms with Gasteiger partial charge in [0, 0.05) is 11.3 Å². The molecule has 2 aromatic rings. The summed E-state index contributed by atoms with van der Waals surface area (Å²) in [6, 6.07) is 13.9. The molecule has 0 unspecified atom stereocenters. The van der Waals surface area contributed by atoms with Gasteiger partial charge < -0.3 is 9.47 Å². The first-order valence-corrected chi connectivity index (χ1v) is 11.7. The van der Waals surface area contributed by atoms with Crippen LogP contribution in [0.25, 0.3) is 0 Å². The fourth-order valence-corrected chi connectivity index (χ4v) is 6.24. The number of imide groups is 1. The third-order valence-corrected chi connectivity index (χ3v) is 7.98. The lowest BCUT2D eigenvalue weighted by atomic mass is 9.63. The van der Waals surface area contributed by atoms with Gasteiger partial charge in [-0.15, -0.1) is 0 Å². The first kappa shape index (κ1) is 21.0. The van der Waals surface area contributed by atoms with E-state index in [1.165, 1.54) is 9.80 Å². The van der Waals surface area contributed by atoms with E-state index in [0.717, 1.165) is 6.42 Å². The number of likely N-dealkylation sites (tertiary alicyclic amines) is 1. The van der Waals surface area contributed by atoms with Crippen LogP contribution in [0, 0.1) is 35.5 Å². The maximum Gasteiger partial charge on any atom is 0.259 e. The van der Waals surface area contributed by atoms with Gasteiger partial charge in [0.15, 0.2) is 0 Å². The van der Waals surface area contributed by atoms with E-state index in [-0.39, 0.29) is 48.1 Å². The van der Waals surface area contributed by atoms with E-state index in [2.05, 4.69) is 12.2 Å². The maximum absolute atomic E-state index is 13.7. The molecule has 4 aliphatic carbocycles. The second kappa shape index (κ2) is 7.72. The molecule has 3 amide bonds. The van der Waals surface area contributed by atoms with Crippen molar-refractivity contribution in [3.63, 3.8) is 0 Å². The average Bonchev–Trinajstić information content (AvgIpc) is 3.67. The highest BCUT2D eigenvalue weighted by atomic mass is 16.5. The number of rotatable bonds is 6. The number of amides is 3. The van der Waals surface area contributed by atoms with Crippen LogP contribution in [-0.4, -0.2) is 43.5 Å². The second-order valence-corrected chi connectivity index (χ2v) is 9.56. The van der Waals surface area contributed by atoms with E-state index < -0.39 is 0 Å². The minimum Gasteiger partial charge on any atom is -0.497 e. The quantitative estimate of drug-likeness (QED) is 0.490. The molecule has 0 N–H and O–H groups in total. The lowest BCUT2D eigenvalue weighted by Crippen LogP contribution is -2.45. The van der Waals surface area contributed by atoms with Gasteiger partial charge in [0.25, 0.3) is 5.91 Å². The summed E-state index contributed by atoms with van der Waals surface area (Å²) >= 11 is 0. The van der Waals surface area contributed by atoms with Crippen molar-refractivity contribution in [3.8, 4) is 11.5 Å². The van der Waals surface area contributed by atoms with Crippen LogP contribution in [0.15, 0.2) is 60.7 Å². The Morgan fingerprint density at radius 3 is 2.12 bits per heavy atom. The zero-order chi connectivity index (χ0) is 23.6. The van der Waals surface area contributed by atoms with Crippen LogP contribution < -0.4 is 14.4 Å². The van der Waals surface area contributed by atoms with E-state index in [0.29, 0.717) is 34.6 Å². The highest BCUT2D eigenvalue weighted by molar-refractivity contribution is 6.10. The zero-order valence-corrected chi connectivity index (χ0v) is 19.1. The van der Waals surface area contributed by atoms with Crippen LogP contribution in [0.5, 0.6) is 11.5 Å². The van der Waals surface area contributed by atoms with Crippen molar-refractivity contribution >= 4 is 23.4 Å². The third kappa shape index (κ3) is 3.06. The summed E-state index contributed by atoms with van der Waals surface area (Å²) < 4.78 is 10.5. The highest BCUT2D eigenvalue weighted by Crippen LogP contribution is 2.65. The largest absolute Gasteiger partial charge is 0.497 e. The van der Waals surface area contributed by atoms with Crippen LogP contribution in [-0.2, 0) is 9.59 Å². The van der Waals surface area contributed by atoms with Gasteiger partial charge in [0.2, 0.25) is 11.8 Å². The number of methoxy groups -OCH3 is 2. The molecule has 1 heterocycles. The van der Waals surface area contributed by atoms with E-state index >= 15 is 0 Å². The predicted octanol–water partition coefficient (Wildman–Crippen LogP) is 3.36. The van der Waals surface area contributed by atoms with Gasteiger partial charge in [0.1, 0.15) is 18.2 Å². The first-order valence-electron chi connectivity index (χ1n) is 11.7. The Hall–Kier alpha value is -3.61. The van der Waals surface area contributed by atoms with Gasteiger partial charge in [-0.05, 0) is 72.6 Å². The minimum atomic E-state index is -0.316. The van der Waals surface area contributed by atoms with Crippen molar-refractivity contribution in [2.75, 3.05) is 25.8 Å². The highest BCUT2D eigenvalue weighted by Gasteiger charge is 2.67. The summed E-state index contributed by atoms with van der Waals surface area (Å²) in [5.74, 6) is 1.34. The molecular formula is C27H26N2O5. The molecule has 1 saturated heterocycles. The number of nitrogens with zero attached hydrogens (tertiary/aromatic N) is 2. The van der Waals surface area contributed by atoms with Gasteiger partial charge in [0.05, 0.1) is 26.1 Å². The lowest BCUT2D eigenvalue weighted by molar-refractivity contribution is -0.140. The SMILES string of the molecule is COc1ccc(N(CN2C(=O)[C@H]3[C@@H]4C=C[C@H]([C@H]5C[C@H]45)[C@@H]3C2=O)C(=O)c2cccc(OC)c2)cc1. The number of benzene rings is 2. The molecule has 3 fully saturated rings. The molecule has 174 valence electrons. The number of allylic oxidation sites excluding steroid dienone is 2. The lowest BCUT2D eigenvalue weighted by Gasteiger charge is -2.37. The summed E-state index contributed by atoms with van der Waals surface area (Å²) in [6.07, 6.45) is 5.41. The molecule has 6 atom stereocenters. The fourth-order valence-electron chi connectivity index (χ4n) is 6.24. The number of ether oxygens (including phenoxy) is 2. The molecule has 34 heavy (non-hydrogen) atoms. The molecular weight excluding hydrogens is 432 g/mol. The number of carbonyl (C=O) groups is 3. The molecule has 5 aliphatic rings. The van der Waals surface area contributed by atoms with Crippen LogP contribution in [0.2, 0.25) is 0 Å². The molecule has 7 heteroatoms. The van der Waals surface area contributed by atoms with Crippen molar-refractivity contribution in [1.29, 1.82) is 0 Å². The van der Waals surface area contributed by atoms with Crippen molar-refractivity contribution in [1.82, 2.24) is 4.90 Å². The number of carbonyl (C=O) groups excluding carboxylic acids is 3. The van der Waals surface area contributed by atoms with Crippen LogP contribution in [0.3, 0.4) is 0 Å². The molecule has 2 aromatic carbocycles. The Kier molecular flexibility index (Phi) is 4.76. The van der Waals surface area contributed by atoms with Crippen molar-refractivity contribution in [3.05, 3.63) is 66.2 Å². The molecule has 2 bridgehead atoms. The van der Waals surface area contributed by atoms with Crippen LogP contribution >= 0.6 is 0 Å². The molecule has 0 radical (unpaired) electrons. The third-order valence-electron chi connectivity index (χ3n) is 7.98. The van der Waals surface area contributed by atoms with E-state index in [4.69, 9.17) is 9.47 Å². The van der Waals surface area contributed by atoms with Crippen LogP contribution in [0.1, 0.15) is 16.8 Å². The topological polar surface area (TPSA) is 76.2 Å². The maximum atomic E-state index is 13.7. The van der Waals surface area contributed by atoms with E-state index in [1.54, 1.807) is 62.8 Å². The molecule has 7 rings (SSSR count). The van der Waals surface area contributed by atoms with Gasteiger partial charge in [-0.3, -0.25) is 24.2 Å². The van der Waals surface area contributed by atoms with Gasteiger partial charge in [-0.25, -0.2) is 0 Å². The Morgan fingerprint density at radius 2 is 1.53 bits per heavy atom. The average molecular weight is 459 g/mol. The summed E-state index contributed by atoms with van der Waals surface area (Å²) in [5, 5.41) is 0. The molecule has 7 nitrogen and oxygen atoms in total. The molecule has 2 saturated carbocycles. The smallest absolute Gasteiger partial charge is 0.259 e. The Morgan fingerprint density at radius 1 is 0.912 bits per heavy atom. The monoisotopic (exact) mass is 458 g/mol. The first-order chi connectivity index (χ1) is 16.5. The number of anilines is 1. The van der Waals surface area contributed by atoms with E-state index in [1.807, 2.05) is 0 Å². The Labute approximate surface area is 197 Å².